The maximum Gasteiger partial charge on any atom is 0.229 e. The van der Waals surface area contributed by atoms with Gasteiger partial charge in [0.15, 0.2) is 5.82 Å². The van der Waals surface area contributed by atoms with E-state index in [0.29, 0.717) is 34.8 Å². The van der Waals surface area contributed by atoms with E-state index in [4.69, 9.17) is 21.1 Å². The normalized spacial score (nSPS) is 21.5. The van der Waals surface area contributed by atoms with Gasteiger partial charge in [-0.25, -0.2) is 14.0 Å². The lowest BCUT2D eigenvalue weighted by molar-refractivity contribution is -0.0423. The number of rotatable bonds is 4. The second-order valence-corrected chi connectivity index (χ2v) is 9.97. The van der Waals surface area contributed by atoms with Crippen molar-refractivity contribution in [1.29, 1.82) is 4.78 Å². The summed E-state index contributed by atoms with van der Waals surface area (Å²) < 4.78 is 25.3. The van der Waals surface area contributed by atoms with Crippen LogP contribution in [0.25, 0.3) is 0 Å². The SMILES string of the molecule is C[C@H]1COC(C)(C)CN1c1nc(Nc2ccc([S@](C)(=N)=O)cc2)ncc1Cl. The van der Waals surface area contributed by atoms with Crippen molar-refractivity contribution in [2.45, 2.75) is 37.3 Å². The molecule has 0 radical (unpaired) electrons. The lowest BCUT2D eigenvalue weighted by atomic mass is 10.1. The first-order valence-electron chi connectivity index (χ1n) is 8.59. The molecule has 3 rings (SSSR count). The first-order chi connectivity index (χ1) is 12.5. The van der Waals surface area contributed by atoms with E-state index in [2.05, 4.69) is 27.1 Å². The highest BCUT2D eigenvalue weighted by Crippen LogP contribution is 2.31. The van der Waals surface area contributed by atoms with Gasteiger partial charge in [0.2, 0.25) is 5.95 Å². The second-order valence-electron chi connectivity index (χ2n) is 7.41. The summed E-state index contributed by atoms with van der Waals surface area (Å²) in [5.41, 5.74) is 0.458. The zero-order chi connectivity index (χ0) is 19.8. The van der Waals surface area contributed by atoms with Gasteiger partial charge in [-0.2, -0.15) is 4.98 Å². The molecule has 0 bridgehead atoms. The highest BCUT2D eigenvalue weighted by molar-refractivity contribution is 7.91. The predicted molar refractivity (Wildman–Crippen MR) is 109 cm³/mol. The van der Waals surface area contributed by atoms with Crippen molar-refractivity contribution in [3.8, 4) is 0 Å². The van der Waals surface area contributed by atoms with Crippen LogP contribution in [0.15, 0.2) is 35.4 Å². The summed E-state index contributed by atoms with van der Waals surface area (Å²) in [7, 11) is -2.73. The third-order valence-electron chi connectivity index (χ3n) is 4.36. The van der Waals surface area contributed by atoms with Crippen molar-refractivity contribution in [1.82, 2.24) is 9.97 Å². The third-order valence-corrected chi connectivity index (χ3v) is 5.79. The number of morpholine rings is 1. The number of ether oxygens (including phenoxy) is 1. The van der Waals surface area contributed by atoms with E-state index in [9.17, 15) is 4.21 Å². The Morgan fingerprint density at radius 3 is 2.67 bits per heavy atom. The van der Waals surface area contributed by atoms with E-state index in [0.717, 1.165) is 5.69 Å². The van der Waals surface area contributed by atoms with Crippen LogP contribution in [0.1, 0.15) is 20.8 Å². The first-order valence-corrected chi connectivity index (χ1v) is 10.9. The van der Waals surface area contributed by atoms with Gasteiger partial charge >= 0.3 is 0 Å². The molecule has 0 unspecified atom stereocenters. The highest BCUT2D eigenvalue weighted by Gasteiger charge is 2.33. The number of halogens is 1. The van der Waals surface area contributed by atoms with Crippen LogP contribution in [0.2, 0.25) is 5.02 Å². The molecular weight excluding hydrogens is 386 g/mol. The molecule has 0 aliphatic carbocycles. The third kappa shape index (κ3) is 4.69. The average molecular weight is 410 g/mol. The van der Waals surface area contributed by atoms with Gasteiger partial charge in [0.05, 0.1) is 34.2 Å². The summed E-state index contributed by atoms with van der Waals surface area (Å²) in [6.45, 7) is 7.43. The monoisotopic (exact) mass is 409 g/mol. The fourth-order valence-electron chi connectivity index (χ4n) is 2.88. The van der Waals surface area contributed by atoms with Crippen LogP contribution >= 0.6 is 11.6 Å². The minimum absolute atomic E-state index is 0.146. The average Bonchev–Trinajstić information content (AvgIpc) is 2.59. The lowest BCUT2D eigenvalue weighted by Gasteiger charge is -2.43. The molecule has 1 fully saturated rings. The molecule has 2 aromatic rings. The van der Waals surface area contributed by atoms with Gasteiger partial charge in [0.25, 0.3) is 0 Å². The molecule has 1 aromatic heterocycles. The molecule has 0 saturated carbocycles. The molecule has 1 aliphatic rings. The molecule has 0 spiro atoms. The lowest BCUT2D eigenvalue weighted by Crippen LogP contribution is -2.53. The molecule has 27 heavy (non-hydrogen) atoms. The van der Waals surface area contributed by atoms with Gasteiger partial charge < -0.3 is 15.0 Å². The largest absolute Gasteiger partial charge is 0.372 e. The molecular formula is C18H24ClN5O2S. The van der Waals surface area contributed by atoms with Gasteiger partial charge in [0.1, 0.15) is 5.02 Å². The molecule has 1 aliphatic heterocycles. The maximum atomic E-state index is 11.8. The van der Waals surface area contributed by atoms with Crippen molar-refractivity contribution < 1.29 is 8.95 Å². The maximum absolute atomic E-state index is 11.8. The van der Waals surface area contributed by atoms with E-state index in [1.165, 1.54) is 6.26 Å². The Kier molecular flexibility index (Phi) is 5.33. The number of hydrogen-bond donors (Lipinski definition) is 2. The van der Waals surface area contributed by atoms with Crippen LogP contribution in [0.5, 0.6) is 0 Å². The topological polar surface area (TPSA) is 91.2 Å². The van der Waals surface area contributed by atoms with Gasteiger partial charge in [-0.05, 0) is 45.0 Å². The minimum Gasteiger partial charge on any atom is -0.372 e. The Bertz CT molecular complexity index is 931. The summed E-state index contributed by atoms with van der Waals surface area (Å²) in [5, 5.41) is 3.62. The van der Waals surface area contributed by atoms with Crippen molar-refractivity contribution in [3.05, 3.63) is 35.5 Å². The highest BCUT2D eigenvalue weighted by atomic mass is 35.5. The van der Waals surface area contributed by atoms with Crippen LogP contribution in [-0.2, 0) is 14.5 Å². The molecule has 1 saturated heterocycles. The van der Waals surface area contributed by atoms with Crippen molar-refractivity contribution in [3.63, 3.8) is 0 Å². The van der Waals surface area contributed by atoms with Crippen LogP contribution in [0.3, 0.4) is 0 Å². The Hall–Kier alpha value is -1.90. The van der Waals surface area contributed by atoms with E-state index >= 15 is 0 Å². The van der Waals surface area contributed by atoms with E-state index < -0.39 is 9.73 Å². The quantitative estimate of drug-likeness (QED) is 0.795. The van der Waals surface area contributed by atoms with Gasteiger partial charge in [-0.15, -0.1) is 0 Å². The molecule has 146 valence electrons. The molecule has 2 N–H and O–H groups in total. The standard InChI is InChI=1S/C18H24ClN5O2S/c1-12-10-26-18(2,3)11-24(12)16-15(19)9-21-17(23-16)22-13-5-7-14(8-6-13)27(4,20)25/h5-9,12,20H,10-11H2,1-4H3,(H,21,22,23)/t12-,27+/m0/s1. The van der Waals surface area contributed by atoms with Gasteiger partial charge in [-0.3, -0.25) is 0 Å². The number of nitrogens with zero attached hydrogens (tertiary/aromatic N) is 3. The number of hydrogen-bond acceptors (Lipinski definition) is 7. The van der Waals surface area contributed by atoms with Crippen LogP contribution in [-0.4, -0.2) is 45.2 Å². The number of nitrogens with one attached hydrogen (secondary N) is 2. The molecule has 1 aromatic carbocycles. The smallest absolute Gasteiger partial charge is 0.229 e. The summed E-state index contributed by atoms with van der Waals surface area (Å²) >= 11 is 6.37. The number of anilines is 3. The summed E-state index contributed by atoms with van der Waals surface area (Å²) in [4.78, 5) is 11.5. The Balaban J connectivity index is 1.85. The van der Waals surface area contributed by atoms with Crippen LogP contribution in [0.4, 0.5) is 17.5 Å². The van der Waals surface area contributed by atoms with Crippen molar-refractivity contribution in [2.75, 3.05) is 29.6 Å². The fourth-order valence-corrected chi connectivity index (χ4v) is 3.73. The van der Waals surface area contributed by atoms with E-state index in [1.54, 1.807) is 30.5 Å². The van der Waals surface area contributed by atoms with E-state index in [-0.39, 0.29) is 11.6 Å². The number of aromatic nitrogens is 2. The van der Waals surface area contributed by atoms with Gasteiger partial charge in [0, 0.05) is 23.4 Å². The second kappa shape index (κ2) is 7.26. The Labute approximate surface area is 165 Å². The molecule has 7 nitrogen and oxygen atoms in total. The summed E-state index contributed by atoms with van der Waals surface area (Å²) in [5.74, 6) is 1.08. The zero-order valence-electron chi connectivity index (χ0n) is 15.8. The van der Waals surface area contributed by atoms with Crippen molar-refractivity contribution in [2.24, 2.45) is 0 Å². The molecule has 9 heteroatoms. The van der Waals surface area contributed by atoms with Crippen molar-refractivity contribution >= 4 is 38.8 Å². The predicted octanol–water partition coefficient (Wildman–Crippen LogP) is 3.91. The zero-order valence-corrected chi connectivity index (χ0v) is 17.4. The fraction of sp³-hybridized carbons (Fsp3) is 0.444. The van der Waals surface area contributed by atoms with Crippen LogP contribution in [0, 0.1) is 4.78 Å². The van der Waals surface area contributed by atoms with Gasteiger partial charge in [-0.1, -0.05) is 11.6 Å². The Morgan fingerprint density at radius 1 is 1.37 bits per heavy atom. The molecule has 0 amide bonds. The van der Waals surface area contributed by atoms with E-state index in [1.807, 2.05) is 13.8 Å². The molecule has 2 heterocycles. The Morgan fingerprint density at radius 2 is 2.04 bits per heavy atom. The molecule has 2 atom stereocenters. The minimum atomic E-state index is -2.73. The summed E-state index contributed by atoms with van der Waals surface area (Å²) in [6.07, 6.45) is 2.98. The number of benzene rings is 1. The first kappa shape index (κ1) is 19.9. The van der Waals surface area contributed by atoms with Crippen LogP contribution < -0.4 is 10.2 Å². The summed E-state index contributed by atoms with van der Waals surface area (Å²) in [6, 6.07) is 6.99.